The van der Waals surface area contributed by atoms with Crippen molar-refractivity contribution in [1.82, 2.24) is 9.80 Å². The molecular formula is C16H25N3O3S. The summed E-state index contributed by atoms with van der Waals surface area (Å²) < 4.78 is 23.2. The molecule has 2 aliphatic heterocycles. The van der Waals surface area contributed by atoms with Gasteiger partial charge in [-0.1, -0.05) is 19.3 Å². The standard InChI is InChI=1S/C16H25N3O3S/c17-13-16(5-2-1-3-6-16)15(20)19-9-7-18(8-10-19)14-4-11-23(21,22)12-14/h14H,1-12H2. The Balaban J connectivity index is 1.58. The molecule has 128 valence electrons. The third-order valence-corrected chi connectivity index (χ3v) is 7.41. The Labute approximate surface area is 138 Å². The van der Waals surface area contributed by atoms with Crippen molar-refractivity contribution >= 4 is 15.7 Å². The third kappa shape index (κ3) is 3.38. The first-order chi connectivity index (χ1) is 11.0. The molecule has 1 aliphatic carbocycles. The fourth-order valence-electron chi connectivity index (χ4n) is 4.19. The Morgan fingerprint density at radius 3 is 2.26 bits per heavy atom. The second kappa shape index (κ2) is 6.40. The number of nitriles is 1. The van der Waals surface area contributed by atoms with Crippen LogP contribution < -0.4 is 0 Å². The van der Waals surface area contributed by atoms with Crippen LogP contribution in [-0.2, 0) is 14.6 Å². The Hall–Kier alpha value is -1.13. The van der Waals surface area contributed by atoms with E-state index in [9.17, 15) is 18.5 Å². The average molecular weight is 339 g/mol. The summed E-state index contributed by atoms with van der Waals surface area (Å²) >= 11 is 0. The first-order valence-electron chi connectivity index (χ1n) is 8.61. The van der Waals surface area contributed by atoms with Crippen LogP contribution in [0.15, 0.2) is 0 Å². The summed E-state index contributed by atoms with van der Waals surface area (Å²) in [5.41, 5.74) is -0.808. The van der Waals surface area contributed by atoms with Gasteiger partial charge in [-0.3, -0.25) is 9.69 Å². The summed E-state index contributed by atoms with van der Waals surface area (Å²) in [5.74, 6) is 0.538. The normalized spacial score (nSPS) is 30.7. The molecule has 0 N–H and O–H groups in total. The van der Waals surface area contributed by atoms with Crippen LogP contribution in [0.2, 0.25) is 0 Å². The molecule has 1 unspecified atom stereocenters. The molecular weight excluding hydrogens is 314 g/mol. The molecule has 0 aromatic rings. The number of piperazine rings is 1. The fraction of sp³-hybridized carbons (Fsp3) is 0.875. The molecule has 1 saturated carbocycles. The molecule has 1 amide bonds. The highest BCUT2D eigenvalue weighted by Gasteiger charge is 2.43. The number of hydrogen-bond acceptors (Lipinski definition) is 5. The summed E-state index contributed by atoms with van der Waals surface area (Å²) in [6.07, 6.45) is 5.10. The van der Waals surface area contributed by atoms with Gasteiger partial charge in [0.1, 0.15) is 5.41 Å². The number of carbonyl (C=O) groups excluding carboxylic acids is 1. The van der Waals surface area contributed by atoms with Crippen molar-refractivity contribution in [3.05, 3.63) is 0 Å². The lowest BCUT2D eigenvalue weighted by Gasteiger charge is -2.41. The molecule has 2 saturated heterocycles. The Kier molecular flexibility index (Phi) is 4.65. The molecule has 0 radical (unpaired) electrons. The van der Waals surface area contributed by atoms with Gasteiger partial charge in [0.2, 0.25) is 5.91 Å². The first kappa shape index (κ1) is 16.7. The van der Waals surface area contributed by atoms with Gasteiger partial charge in [-0.2, -0.15) is 5.26 Å². The van der Waals surface area contributed by atoms with Gasteiger partial charge in [-0.15, -0.1) is 0 Å². The zero-order valence-corrected chi connectivity index (χ0v) is 14.4. The smallest absolute Gasteiger partial charge is 0.243 e. The van der Waals surface area contributed by atoms with E-state index >= 15 is 0 Å². The second-order valence-corrected chi connectivity index (χ2v) is 9.37. The maximum absolute atomic E-state index is 12.8. The van der Waals surface area contributed by atoms with Gasteiger partial charge in [-0.25, -0.2) is 8.42 Å². The van der Waals surface area contributed by atoms with Crippen LogP contribution in [0.25, 0.3) is 0 Å². The monoisotopic (exact) mass is 339 g/mol. The highest BCUT2D eigenvalue weighted by atomic mass is 32.2. The minimum atomic E-state index is -2.87. The van der Waals surface area contributed by atoms with Gasteiger partial charge in [-0.05, 0) is 19.3 Å². The van der Waals surface area contributed by atoms with Crippen molar-refractivity contribution < 1.29 is 13.2 Å². The Morgan fingerprint density at radius 1 is 1.09 bits per heavy atom. The molecule has 1 atom stereocenters. The van der Waals surface area contributed by atoms with Crippen LogP contribution >= 0.6 is 0 Å². The molecule has 23 heavy (non-hydrogen) atoms. The second-order valence-electron chi connectivity index (χ2n) is 7.14. The molecule has 0 bridgehead atoms. The van der Waals surface area contributed by atoms with Gasteiger partial charge in [0, 0.05) is 32.2 Å². The van der Waals surface area contributed by atoms with E-state index in [4.69, 9.17) is 0 Å². The van der Waals surface area contributed by atoms with Crippen molar-refractivity contribution in [3.8, 4) is 6.07 Å². The molecule has 6 nitrogen and oxygen atoms in total. The molecule has 0 aromatic carbocycles. The molecule has 3 fully saturated rings. The van der Waals surface area contributed by atoms with E-state index in [2.05, 4.69) is 11.0 Å². The molecule has 7 heteroatoms. The average Bonchev–Trinajstić information content (AvgIpc) is 2.95. The van der Waals surface area contributed by atoms with Crippen molar-refractivity contribution in [3.63, 3.8) is 0 Å². The van der Waals surface area contributed by atoms with Crippen molar-refractivity contribution in [2.75, 3.05) is 37.7 Å². The quantitative estimate of drug-likeness (QED) is 0.743. The van der Waals surface area contributed by atoms with Gasteiger partial charge in [0.15, 0.2) is 9.84 Å². The maximum Gasteiger partial charge on any atom is 0.243 e. The molecule has 0 aromatic heterocycles. The lowest BCUT2D eigenvalue weighted by molar-refractivity contribution is -0.142. The van der Waals surface area contributed by atoms with Crippen molar-refractivity contribution in [2.24, 2.45) is 5.41 Å². The number of carbonyl (C=O) groups is 1. The first-order valence-corrected chi connectivity index (χ1v) is 10.4. The predicted octanol–water partition coefficient (Wildman–Crippen LogP) is 0.792. The largest absolute Gasteiger partial charge is 0.339 e. The molecule has 0 spiro atoms. The van der Waals surface area contributed by atoms with Crippen LogP contribution in [-0.4, -0.2) is 67.9 Å². The van der Waals surface area contributed by atoms with Crippen LogP contribution in [0.5, 0.6) is 0 Å². The number of amides is 1. The summed E-state index contributed by atoms with van der Waals surface area (Å²) in [4.78, 5) is 16.9. The van der Waals surface area contributed by atoms with E-state index in [0.29, 0.717) is 45.4 Å². The molecule has 3 aliphatic rings. The number of hydrogen-bond donors (Lipinski definition) is 0. The van der Waals surface area contributed by atoms with E-state index in [1.165, 1.54) is 0 Å². The highest BCUT2D eigenvalue weighted by Crippen LogP contribution is 2.37. The van der Waals surface area contributed by atoms with E-state index in [0.717, 1.165) is 19.3 Å². The lowest BCUT2D eigenvalue weighted by Crippen LogP contribution is -2.55. The lowest BCUT2D eigenvalue weighted by atomic mass is 9.74. The molecule has 3 rings (SSSR count). The maximum atomic E-state index is 12.8. The number of sulfone groups is 1. The van der Waals surface area contributed by atoms with Crippen LogP contribution in [0.3, 0.4) is 0 Å². The summed E-state index contributed by atoms with van der Waals surface area (Å²) in [6.45, 7) is 2.65. The van der Waals surface area contributed by atoms with Crippen molar-refractivity contribution in [1.29, 1.82) is 5.26 Å². The van der Waals surface area contributed by atoms with E-state index in [-0.39, 0.29) is 23.5 Å². The van der Waals surface area contributed by atoms with E-state index < -0.39 is 15.3 Å². The third-order valence-electron chi connectivity index (χ3n) is 5.66. The van der Waals surface area contributed by atoms with Crippen LogP contribution in [0.4, 0.5) is 0 Å². The summed E-state index contributed by atoms with van der Waals surface area (Å²) in [6, 6.07) is 2.42. The fourth-order valence-corrected chi connectivity index (χ4v) is 5.95. The number of rotatable bonds is 2. The van der Waals surface area contributed by atoms with Gasteiger partial charge >= 0.3 is 0 Å². The summed E-state index contributed by atoms with van der Waals surface area (Å²) in [5, 5.41) is 9.55. The zero-order valence-electron chi connectivity index (χ0n) is 13.5. The van der Waals surface area contributed by atoms with Gasteiger partial charge in [0.25, 0.3) is 0 Å². The minimum absolute atomic E-state index is 0.00149. The minimum Gasteiger partial charge on any atom is -0.339 e. The highest BCUT2D eigenvalue weighted by molar-refractivity contribution is 7.91. The van der Waals surface area contributed by atoms with E-state index in [1.807, 2.05) is 4.90 Å². The topological polar surface area (TPSA) is 81.5 Å². The SMILES string of the molecule is N#CC1(C(=O)N2CCN(C3CCS(=O)(=O)C3)CC2)CCCCC1. The Bertz CT molecular complexity index is 597. The van der Waals surface area contributed by atoms with E-state index in [1.54, 1.807) is 0 Å². The van der Waals surface area contributed by atoms with Crippen LogP contribution in [0, 0.1) is 16.7 Å². The predicted molar refractivity (Wildman–Crippen MR) is 86.3 cm³/mol. The van der Waals surface area contributed by atoms with Crippen LogP contribution in [0.1, 0.15) is 38.5 Å². The Morgan fingerprint density at radius 2 is 1.74 bits per heavy atom. The van der Waals surface area contributed by atoms with Gasteiger partial charge in [0.05, 0.1) is 17.6 Å². The zero-order chi connectivity index (χ0) is 16.5. The summed E-state index contributed by atoms with van der Waals surface area (Å²) in [7, 11) is -2.87. The van der Waals surface area contributed by atoms with Crippen molar-refractivity contribution in [2.45, 2.75) is 44.6 Å². The number of nitrogens with zero attached hydrogens (tertiary/aromatic N) is 3. The van der Waals surface area contributed by atoms with Gasteiger partial charge < -0.3 is 4.90 Å². The molecule has 2 heterocycles.